The predicted octanol–water partition coefficient (Wildman–Crippen LogP) is 5.15. The molecule has 1 heterocycles. The molecule has 0 aliphatic rings. The maximum absolute atomic E-state index is 14.1. The molecule has 0 aliphatic carbocycles. The number of anilines is 1. The van der Waals surface area contributed by atoms with Gasteiger partial charge in [0.05, 0.1) is 5.56 Å². The Hall–Kier alpha value is -1.85. The van der Waals surface area contributed by atoms with Crippen molar-refractivity contribution in [3.05, 3.63) is 57.8 Å². The molecule has 0 saturated carbocycles. The first-order chi connectivity index (χ1) is 10.1. The molecule has 0 spiro atoms. The zero-order valence-corrected chi connectivity index (χ0v) is 13.0. The Morgan fingerprint density at radius 2 is 1.86 bits per heavy atom. The Labute approximate surface area is 133 Å². The predicted molar refractivity (Wildman–Crippen MR) is 84.5 cm³/mol. The van der Waals surface area contributed by atoms with Crippen molar-refractivity contribution in [2.45, 2.75) is 0 Å². The standard InChI is InChI=1S/C15H9BrClFN2O/c16-9-3-6-12(18)11(7-9)14-13(15(19)21-20-14)8-1-4-10(17)5-2-8/h1-7H,19H2. The van der Waals surface area contributed by atoms with Crippen LogP contribution in [0.15, 0.2) is 51.5 Å². The van der Waals surface area contributed by atoms with Gasteiger partial charge in [0.2, 0.25) is 5.88 Å². The Kier molecular flexibility index (Phi) is 3.69. The van der Waals surface area contributed by atoms with Crippen LogP contribution in [0.2, 0.25) is 5.02 Å². The minimum absolute atomic E-state index is 0.131. The number of nitrogens with two attached hydrogens (primary N) is 1. The van der Waals surface area contributed by atoms with Crippen LogP contribution in [0.4, 0.5) is 10.3 Å². The van der Waals surface area contributed by atoms with Crippen LogP contribution in [0.25, 0.3) is 22.4 Å². The second-order valence-corrected chi connectivity index (χ2v) is 5.75. The highest BCUT2D eigenvalue weighted by Crippen LogP contribution is 2.38. The molecule has 0 saturated heterocycles. The second kappa shape index (κ2) is 5.50. The first kappa shape index (κ1) is 14.1. The summed E-state index contributed by atoms with van der Waals surface area (Å²) in [6.45, 7) is 0. The first-order valence-electron chi connectivity index (χ1n) is 6.03. The van der Waals surface area contributed by atoms with Gasteiger partial charge in [0.15, 0.2) is 0 Å². The molecule has 6 heteroatoms. The molecule has 0 amide bonds. The van der Waals surface area contributed by atoms with E-state index in [-0.39, 0.29) is 5.88 Å². The number of rotatable bonds is 2. The number of nitrogen functional groups attached to an aromatic ring is 1. The van der Waals surface area contributed by atoms with E-state index in [1.54, 1.807) is 36.4 Å². The fourth-order valence-corrected chi connectivity index (χ4v) is 2.55. The van der Waals surface area contributed by atoms with Gasteiger partial charge in [-0.15, -0.1) is 0 Å². The monoisotopic (exact) mass is 366 g/mol. The molecule has 0 aliphatic heterocycles. The van der Waals surface area contributed by atoms with Gasteiger partial charge in [0.1, 0.15) is 11.5 Å². The van der Waals surface area contributed by atoms with E-state index in [0.29, 0.717) is 21.8 Å². The van der Waals surface area contributed by atoms with Crippen molar-refractivity contribution in [2.24, 2.45) is 0 Å². The van der Waals surface area contributed by atoms with E-state index < -0.39 is 5.82 Å². The van der Waals surface area contributed by atoms with Crippen molar-refractivity contribution in [1.82, 2.24) is 5.16 Å². The highest BCUT2D eigenvalue weighted by molar-refractivity contribution is 9.10. The molecule has 106 valence electrons. The zero-order chi connectivity index (χ0) is 15.0. The number of benzene rings is 2. The summed E-state index contributed by atoms with van der Waals surface area (Å²) in [6.07, 6.45) is 0. The lowest BCUT2D eigenvalue weighted by Gasteiger charge is -2.05. The van der Waals surface area contributed by atoms with Crippen LogP contribution >= 0.6 is 27.5 Å². The third-order valence-electron chi connectivity index (χ3n) is 3.03. The van der Waals surface area contributed by atoms with Crippen molar-refractivity contribution in [3.63, 3.8) is 0 Å². The lowest BCUT2D eigenvalue weighted by Crippen LogP contribution is -1.90. The van der Waals surface area contributed by atoms with Crippen molar-refractivity contribution in [3.8, 4) is 22.4 Å². The van der Waals surface area contributed by atoms with Crippen LogP contribution in [0, 0.1) is 5.82 Å². The highest BCUT2D eigenvalue weighted by atomic mass is 79.9. The zero-order valence-electron chi connectivity index (χ0n) is 10.6. The molecule has 2 N–H and O–H groups in total. The fourth-order valence-electron chi connectivity index (χ4n) is 2.06. The summed E-state index contributed by atoms with van der Waals surface area (Å²) in [4.78, 5) is 0. The Balaban J connectivity index is 2.21. The summed E-state index contributed by atoms with van der Waals surface area (Å²) in [5.41, 5.74) is 7.81. The summed E-state index contributed by atoms with van der Waals surface area (Å²) < 4.78 is 19.8. The van der Waals surface area contributed by atoms with Crippen molar-refractivity contribution < 1.29 is 8.91 Å². The minimum Gasteiger partial charge on any atom is -0.367 e. The van der Waals surface area contributed by atoms with Gasteiger partial charge in [-0.25, -0.2) is 4.39 Å². The molecule has 3 aromatic rings. The average Bonchev–Trinajstić information content (AvgIpc) is 2.84. The van der Waals surface area contributed by atoms with Crippen molar-refractivity contribution in [2.75, 3.05) is 5.73 Å². The van der Waals surface area contributed by atoms with Crippen LogP contribution in [0.3, 0.4) is 0 Å². The molecule has 21 heavy (non-hydrogen) atoms. The van der Waals surface area contributed by atoms with Gasteiger partial charge in [-0.2, -0.15) is 0 Å². The molecule has 0 radical (unpaired) electrons. The number of hydrogen-bond donors (Lipinski definition) is 1. The Morgan fingerprint density at radius 1 is 1.14 bits per heavy atom. The number of hydrogen-bond acceptors (Lipinski definition) is 3. The van der Waals surface area contributed by atoms with E-state index in [1.807, 2.05) is 0 Å². The maximum atomic E-state index is 14.1. The fraction of sp³-hybridized carbons (Fsp3) is 0. The summed E-state index contributed by atoms with van der Waals surface area (Å²) in [7, 11) is 0. The largest absolute Gasteiger partial charge is 0.367 e. The van der Waals surface area contributed by atoms with E-state index in [9.17, 15) is 4.39 Å². The molecule has 0 atom stereocenters. The number of aromatic nitrogens is 1. The third-order valence-corrected chi connectivity index (χ3v) is 3.78. The Bertz CT molecular complexity index is 802. The lowest BCUT2D eigenvalue weighted by atomic mass is 10.0. The van der Waals surface area contributed by atoms with Crippen LogP contribution in [0.5, 0.6) is 0 Å². The van der Waals surface area contributed by atoms with Gasteiger partial charge in [0, 0.05) is 15.1 Å². The molecule has 0 bridgehead atoms. The van der Waals surface area contributed by atoms with Crippen LogP contribution in [-0.4, -0.2) is 5.16 Å². The van der Waals surface area contributed by atoms with Gasteiger partial charge in [-0.3, -0.25) is 0 Å². The quantitative estimate of drug-likeness (QED) is 0.682. The van der Waals surface area contributed by atoms with Gasteiger partial charge in [-0.05, 0) is 35.9 Å². The summed E-state index contributed by atoms with van der Waals surface area (Å²) in [5.74, 6) is -0.270. The summed E-state index contributed by atoms with van der Waals surface area (Å²) in [6, 6.07) is 11.6. The van der Waals surface area contributed by atoms with E-state index in [1.165, 1.54) is 6.07 Å². The topological polar surface area (TPSA) is 52.0 Å². The third kappa shape index (κ3) is 2.66. The van der Waals surface area contributed by atoms with E-state index >= 15 is 0 Å². The number of halogens is 3. The van der Waals surface area contributed by atoms with Crippen LogP contribution in [0.1, 0.15) is 0 Å². The normalized spacial score (nSPS) is 10.8. The first-order valence-corrected chi connectivity index (χ1v) is 7.20. The van der Waals surface area contributed by atoms with Crippen LogP contribution < -0.4 is 5.73 Å². The van der Waals surface area contributed by atoms with Crippen LogP contribution in [-0.2, 0) is 0 Å². The molecular formula is C15H9BrClFN2O. The van der Waals surface area contributed by atoms with Crippen molar-refractivity contribution in [1.29, 1.82) is 0 Å². The van der Waals surface area contributed by atoms with Gasteiger partial charge >= 0.3 is 0 Å². The van der Waals surface area contributed by atoms with E-state index in [4.69, 9.17) is 21.9 Å². The smallest absolute Gasteiger partial charge is 0.230 e. The van der Waals surface area contributed by atoms with E-state index in [0.717, 1.165) is 10.0 Å². The van der Waals surface area contributed by atoms with Gasteiger partial charge < -0.3 is 10.3 Å². The molecule has 0 unspecified atom stereocenters. The maximum Gasteiger partial charge on any atom is 0.230 e. The Morgan fingerprint density at radius 3 is 2.57 bits per heavy atom. The molecule has 0 fully saturated rings. The molecule has 1 aromatic heterocycles. The minimum atomic E-state index is -0.401. The molecule has 3 nitrogen and oxygen atoms in total. The SMILES string of the molecule is Nc1onc(-c2cc(Br)ccc2F)c1-c1ccc(Cl)cc1. The van der Waals surface area contributed by atoms with E-state index in [2.05, 4.69) is 21.1 Å². The van der Waals surface area contributed by atoms with Gasteiger partial charge in [-0.1, -0.05) is 44.8 Å². The molecular weight excluding hydrogens is 359 g/mol. The summed E-state index contributed by atoms with van der Waals surface area (Å²) >= 11 is 9.20. The average molecular weight is 368 g/mol. The van der Waals surface area contributed by atoms with Gasteiger partial charge in [0.25, 0.3) is 0 Å². The number of nitrogens with zero attached hydrogens (tertiary/aromatic N) is 1. The van der Waals surface area contributed by atoms with Crippen molar-refractivity contribution >= 4 is 33.4 Å². The lowest BCUT2D eigenvalue weighted by molar-refractivity contribution is 0.439. The molecule has 3 rings (SSSR count). The highest BCUT2D eigenvalue weighted by Gasteiger charge is 2.20. The molecule has 2 aromatic carbocycles. The summed E-state index contributed by atoms with van der Waals surface area (Å²) in [5, 5.41) is 4.49. The second-order valence-electron chi connectivity index (χ2n) is 4.40.